The second-order valence-corrected chi connectivity index (χ2v) is 4.13. The van der Waals surface area contributed by atoms with Gasteiger partial charge in [-0.15, -0.1) is 0 Å². The molecule has 1 aliphatic rings. The predicted octanol–water partition coefficient (Wildman–Crippen LogP) is 2.24. The van der Waals surface area contributed by atoms with Crippen molar-refractivity contribution in [1.82, 2.24) is 4.98 Å². The first-order chi connectivity index (χ1) is 9.26. The fraction of sp³-hybridized carbons (Fsp3) is 0.357. The van der Waals surface area contributed by atoms with E-state index in [1.807, 2.05) is 12.2 Å². The van der Waals surface area contributed by atoms with Crippen LogP contribution in [0, 0.1) is 0 Å². The molecule has 0 bridgehead atoms. The van der Waals surface area contributed by atoms with E-state index in [9.17, 15) is 9.59 Å². The minimum absolute atomic E-state index is 0.179. The summed E-state index contributed by atoms with van der Waals surface area (Å²) in [7, 11) is 0. The molecule has 0 radical (unpaired) electrons. The van der Waals surface area contributed by atoms with Crippen molar-refractivity contribution in [3.05, 3.63) is 41.1 Å². The molecular weight excluding hydrogens is 246 g/mol. The maximum Gasteiger partial charge on any atom is 0.360 e. The van der Waals surface area contributed by atoms with E-state index in [1.54, 1.807) is 6.92 Å². The van der Waals surface area contributed by atoms with E-state index in [0.29, 0.717) is 12.2 Å². The molecule has 5 nitrogen and oxygen atoms in total. The summed E-state index contributed by atoms with van der Waals surface area (Å²) in [5, 5.41) is 0. The summed E-state index contributed by atoms with van der Waals surface area (Å²) in [6, 6.07) is 0. The first-order valence-corrected chi connectivity index (χ1v) is 6.19. The molecule has 0 N–H and O–H groups in total. The number of oxazole rings is 1. The number of aldehydes is 1. The molecular formula is C14H15NO4. The summed E-state index contributed by atoms with van der Waals surface area (Å²) in [5.74, 6) is -0.0707. The van der Waals surface area contributed by atoms with Gasteiger partial charge in [0, 0.05) is 6.42 Å². The first kappa shape index (κ1) is 13.3. The summed E-state index contributed by atoms with van der Waals surface area (Å²) in [6.07, 6.45) is 7.93. The monoisotopic (exact) mass is 261 g/mol. The Bertz CT molecular complexity index is 539. The van der Waals surface area contributed by atoms with Gasteiger partial charge in [-0.25, -0.2) is 9.78 Å². The van der Waals surface area contributed by atoms with Gasteiger partial charge in [-0.3, -0.25) is 4.79 Å². The van der Waals surface area contributed by atoms with Gasteiger partial charge >= 0.3 is 5.97 Å². The largest absolute Gasteiger partial charge is 0.461 e. The molecule has 100 valence electrons. The Morgan fingerprint density at radius 1 is 1.58 bits per heavy atom. The third kappa shape index (κ3) is 2.99. The van der Waals surface area contributed by atoms with Gasteiger partial charge < -0.3 is 9.15 Å². The van der Waals surface area contributed by atoms with Crippen molar-refractivity contribution in [2.24, 2.45) is 0 Å². The molecule has 0 aromatic carbocycles. The highest BCUT2D eigenvalue weighted by atomic mass is 16.5. The van der Waals surface area contributed by atoms with Crippen molar-refractivity contribution in [2.45, 2.75) is 26.2 Å². The van der Waals surface area contributed by atoms with Gasteiger partial charge in [-0.1, -0.05) is 12.2 Å². The van der Waals surface area contributed by atoms with Crippen LogP contribution in [0.5, 0.6) is 0 Å². The first-order valence-electron chi connectivity index (χ1n) is 6.19. The van der Waals surface area contributed by atoms with Gasteiger partial charge in [-0.2, -0.15) is 0 Å². The van der Waals surface area contributed by atoms with Crippen LogP contribution in [0.25, 0.3) is 0 Å². The Morgan fingerprint density at radius 2 is 2.42 bits per heavy atom. The molecule has 5 heteroatoms. The third-order valence-corrected chi connectivity index (χ3v) is 2.91. The van der Waals surface area contributed by atoms with Gasteiger partial charge in [-0.05, 0) is 30.9 Å². The molecule has 1 heterocycles. The van der Waals surface area contributed by atoms with Crippen molar-refractivity contribution >= 4 is 12.3 Å². The Hall–Kier alpha value is -2.17. The fourth-order valence-electron chi connectivity index (χ4n) is 1.97. The topological polar surface area (TPSA) is 69.4 Å². The Kier molecular flexibility index (Phi) is 4.28. The summed E-state index contributed by atoms with van der Waals surface area (Å²) < 4.78 is 10.1. The highest BCUT2D eigenvalue weighted by Gasteiger charge is 2.20. The van der Waals surface area contributed by atoms with Crippen LogP contribution in [0.2, 0.25) is 0 Å². The molecule has 0 fully saturated rings. The minimum Gasteiger partial charge on any atom is -0.461 e. The molecule has 19 heavy (non-hydrogen) atoms. The molecule has 0 atom stereocenters. The number of hydrogen-bond donors (Lipinski definition) is 0. The number of carbonyl (C=O) groups excluding carboxylic acids is 2. The molecule has 0 unspecified atom stereocenters. The van der Waals surface area contributed by atoms with Crippen LogP contribution < -0.4 is 0 Å². The maximum absolute atomic E-state index is 11.7. The van der Waals surface area contributed by atoms with Crippen LogP contribution in [-0.2, 0) is 16.0 Å². The zero-order valence-corrected chi connectivity index (χ0v) is 10.7. The van der Waals surface area contributed by atoms with Crippen LogP contribution in [0.15, 0.2) is 34.1 Å². The lowest BCUT2D eigenvalue weighted by Crippen LogP contribution is -2.09. The normalized spacial score (nSPS) is 14.6. The van der Waals surface area contributed by atoms with Crippen molar-refractivity contribution in [2.75, 3.05) is 6.61 Å². The Morgan fingerprint density at radius 3 is 3.16 bits per heavy atom. The van der Waals surface area contributed by atoms with Crippen molar-refractivity contribution < 1.29 is 18.7 Å². The Balaban J connectivity index is 2.22. The number of ether oxygens (including phenoxy) is 1. The van der Waals surface area contributed by atoms with Crippen LogP contribution >= 0.6 is 0 Å². The highest BCUT2D eigenvalue weighted by Crippen LogP contribution is 2.22. The minimum atomic E-state index is -0.501. The van der Waals surface area contributed by atoms with Gasteiger partial charge in [0.15, 0.2) is 12.1 Å². The third-order valence-electron chi connectivity index (χ3n) is 2.91. The van der Waals surface area contributed by atoms with Crippen molar-refractivity contribution in [3.63, 3.8) is 0 Å². The van der Waals surface area contributed by atoms with E-state index < -0.39 is 5.97 Å². The van der Waals surface area contributed by atoms with Crippen molar-refractivity contribution in [3.8, 4) is 0 Å². The summed E-state index contributed by atoms with van der Waals surface area (Å²) >= 11 is 0. The average molecular weight is 261 g/mol. The second-order valence-electron chi connectivity index (χ2n) is 4.13. The SMILES string of the molecule is CCOC(=O)c1ncoc1CC1=C(C=O)CCC=C1. The number of rotatable bonds is 5. The number of hydrogen-bond acceptors (Lipinski definition) is 5. The molecule has 0 amide bonds. The van der Waals surface area contributed by atoms with Crippen molar-refractivity contribution in [1.29, 1.82) is 0 Å². The van der Waals surface area contributed by atoms with E-state index in [4.69, 9.17) is 9.15 Å². The fourth-order valence-corrected chi connectivity index (χ4v) is 1.97. The second kappa shape index (κ2) is 6.13. The van der Waals surface area contributed by atoms with E-state index in [2.05, 4.69) is 4.98 Å². The molecule has 0 saturated heterocycles. The molecule has 1 aromatic rings. The molecule has 0 saturated carbocycles. The zero-order valence-electron chi connectivity index (χ0n) is 10.7. The maximum atomic E-state index is 11.7. The lowest BCUT2D eigenvalue weighted by molar-refractivity contribution is -0.105. The number of carbonyl (C=O) groups is 2. The summed E-state index contributed by atoms with van der Waals surface area (Å²) in [5.41, 5.74) is 1.79. The van der Waals surface area contributed by atoms with Gasteiger partial charge in [0.2, 0.25) is 0 Å². The molecule has 0 spiro atoms. The van der Waals surface area contributed by atoms with Gasteiger partial charge in [0.1, 0.15) is 12.0 Å². The predicted molar refractivity (Wildman–Crippen MR) is 67.6 cm³/mol. The van der Waals surface area contributed by atoms with E-state index in [-0.39, 0.29) is 12.3 Å². The molecule has 1 aliphatic carbocycles. The van der Waals surface area contributed by atoms with Crippen LogP contribution in [0.1, 0.15) is 36.0 Å². The number of nitrogens with zero attached hydrogens (tertiary/aromatic N) is 1. The quantitative estimate of drug-likeness (QED) is 0.600. The van der Waals surface area contributed by atoms with E-state index in [0.717, 1.165) is 30.3 Å². The molecule has 1 aromatic heterocycles. The van der Waals surface area contributed by atoms with Gasteiger partial charge in [0.05, 0.1) is 6.61 Å². The lowest BCUT2D eigenvalue weighted by atomic mass is 9.95. The zero-order chi connectivity index (χ0) is 13.7. The van der Waals surface area contributed by atoms with E-state index in [1.165, 1.54) is 6.39 Å². The number of esters is 1. The van der Waals surface area contributed by atoms with Crippen LogP contribution in [-0.4, -0.2) is 23.8 Å². The smallest absolute Gasteiger partial charge is 0.360 e. The van der Waals surface area contributed by atoms with Crippen LogP contribution in [0.3, 0.4) is 0 Å². The number of aromatic nitrogens is 1. The van der Waals surface area contributed by atoms with Crippen LogP contribution in [0.4, 0.5) is 0 Å². The lowest BCUT2D eigenvalue weighted by Gasteiger charge is -2.10. The summed E-state index contributed by atoms with van der Waals surface area (Å²) in [6.45, 7) is 2.02. The summed E-state index contributed by atoms with van der Waals surface area (Å²) in [4.78, 5) is 26.5. The standard InChI is InChI=1S/C14H15NO4/c1-2-18-14(17)13-12(19-9-15-13)7-10-5-3-4-6-11(10)8-16/h3,5,8-9H,2,4,6-7H2,1H3. The highest BCUT2D eigenvalue weighted by molar-refractivity contribution is 5.88. The number of allylic oxidation sites excluding steroid dienone is 4. The Labute approximate surface area is 111 Å². The average Bonchev–Trinajstić information content (AvgIpc) is 2.88. The molecule has 2 rings (SSSR count). The molecule has 0 aliphatic heterocycles. The van der Waals surface area contributed by atoms with Gasteiger partial charge in [0.25, 0.3) is 0 Å². The van der Waals surface area contributed by atoms with E-state index >= 15 is 0 Å².